The van der Waals surface area contributed by atoms with E-state index in [9.17, 15) is 92.2 Å². The summed E-state index contributed by atoms with van der Waals surface area (Å²) < 4.78 is 274. The monoisotopic (exact) mass is 776 g/mol. The Labute approximate surface area is 224 Å². The molecule has 42 heavy (non-hydrogen) atoms. The first-order valence-corrected chi connectivity index (χ1v) is 17.6. The zero-order valence-electron chi connectivity index (χ0n) is 19.6. The van der Waals surface area contributed by atoms with Crippen LogP contribution in [0.5, 0.6) is 0 Å². The average molecular weight is 775 g/mol. The fourth-order valence-electron chi connectivity index (χ4n) is 3.32. The molecule has 1 aromatic carbocycles. The standard InChI is InChI=1S/C7H7O.3C4H2F7.Sn/c8-6-7-4-2-1-3-5-7;3*1-2(5,6)3(7,8)4(9,10)11;/h1-5H,6H2;3*1H2;/q-1;;;;+1. The molecule has 1 nitrogen and oxygen atoms in total. The third-order valence-electron chi connectivity index (χ3n) is 5.47. The van der Waals surface area contributed by atoms with Gasteiger partial charge in [-0.1, -0.05) is 0 Å². The summed E-state index contributed by atoms with van der Waals surface area (Å²) in [6.07, 6.45) is -22.3. The molecule has 0 saturated heterocycles. The van der Waals surface area contributed by atoms with E-state index in [2.05, 4.69) is 3.07 Å². The van der Waals surface area contributed by atoms with Gasteiger partial charge >= 0.3 is 224 Å². The molecule has 0 unspecified atom stereocenters. The van der Waals surface area contributed by atoms with Gasteiger partial charge in [0.1, 0.15) is 0 Å². The van der Waals surface area contributed by atoms with Crippen LogP contribution in [0.15, 0.2) is 30.3 Å². The number of hydrogen-bond donors (Lipinski definition) is 0. The summed E-state index contributed by atoms with van der Waals surface area (Å²) >= 11 is -8.73. The molecule has 0 aliphatic carbocycles. The Morgan fingerprint density at radius 2 is 0.690 bits per heavy atom. The van der Waals surface area contributed by atoms with Crippen molar-refractivity contribution in [2.24, 2.45) is 0 Å². The molecule has 0 heterocycles. The van der Waals surface area contributed by atoms with Crippen molar-refractivity contribution in [3.8, 4) is 0 Å². The molecule has 0 atom stereocenters. The van der Waals surface area contributed by atoms with E-state index in [0.717, 1.165) is 18.2 Å². The van der Waals surface area contributed by atoms with Crippen molar-refractivity contribution in [2.75, 3.05) is 0 Å². The average Bonchev–Trinajstić information content (AvgIpc) is 2.75. The Kier molecular flexibility index (Phi) is 10.5. The molecule has 0 N–H and O–H groups in total. The first-order chi connectivity index (χ1) is 18.2. The first-order valence-electron chi connectivity index (χ1n) is 10.3. The van der Waals surface area contributed by atoms with Crippen LogP contribution in [0.25, 0.3) is 0 Å². The van der Waals surface area contributed by atoms with Crippen LogP contribution in [0.2, 0.25) is 13.3 Å². The molecule has 1 rings (SSSR count). The molecule has 246 valence electrons. The van der Waals surface area contributed by atoms with Crippen LogP contribution in [0.3, 0.4) is 0 Å². The van der Waals surface area contributed by atoms with Crippen molar-refractivity contribution < 1.29 is 95.3 Å². The zero-order chi connectivity index (χ0) is 33.6. The van der Waals surface area contributed by atoms with Crippen LogP contribution in [-0.4, -0.2) is 72.9 Å². The fourth-order valence-corrected chi connectivity index (χ4v) is 15.4. The molecule has 0 aliphatic rings. The topological polar surface area (TPSA) is 9.23 Å². The van der Waals surface area contributed by atoms with Gasteiger partial charge < -0.3 is 0 Å². The molecule has 0 spiro atoms. The molecule has 0 radical (unpaired) electrons. The van der Waals surface area contributed by atoms with Gasteiger partial charge in [-0.05, 0) is 0 Å². The van der Waals surface area contributed by atoms with Crippen molar-refractivity contribution in [1.82, 2.24) is 0 Å². The number of alkyl halides is 21. The van der Waals surface area contributed by atoms with E-state index in [-0.39, 0.29) is 0 Å². The predicted octanol–water partition coefficient (Wildman–Crippen LogP) is 9.65. The number of hydrogen-bond acceptors (Lipinski definition) is 1. The van der Waals surface area contributed by atoms with Crippen molar-refractivity contribution in [3.05, 3.63) is 35.9 Å². The van der Waals surface area contributed by atoms with Gasteiger partial charge in [0.15, 0.2) is 0 Å². The van der Waals surface area contributed by atoms with E-state index in [0.29, 0.717) is 12.1 Å². The van der Waals surface area contributed by atoms with Crippen molar-refractivity contribution in [3.63, 3.8) is 0 Å². The van der Waals surface area contributed by atoms with E-state index >= 15 is 0 Å². The number of rotatable bonds is 12. The molecule has 0 aromatic heterocycles. The van der Waals surface area contributed by atoms with Gasteiger partial charge in [0.2, 0.25) is 0 Å². The fraction of sp³-hybridized carbons (Fsp3) is 0.684. The van der Waals surface area contributed by atoms with Gasteiger partial charge in [-0.2, -0.15) is 0 Å². The summed E-state index contributed by atoms with van der Waals surface area (Å²) in [6.45, 7) is -1.84. The van der Waals surface area contributed by atoms with Gasteiger partial charge in [0, 0.05) is 0 Å². The van der Waals surface area contributed by atoms with E-state index in [1.807, 2.05) is 0 Å². The maximum atomic E-state index is 14.3. The van der Waals surface area contributed by atoms with E-state index < -0.39 is 98.3 Å². The molecule has 0 bridgehead atoms. The normalized spacial score (nSPS) is 15.7. The van der Waals surface area contributed by atoms with Gasteiger partial charge in [0.05, 0.1) is 0 Å². The quantitative estimate of drug-likeness (QED) is 0.152. The molecule has 0 saturated carbocycles. The summed E-state index contributed by atoms with van der Waals surface area (Å²) in [6, 6.07) is 4.35. The molecular weight excluding hydrogens is 762 g/mol. The Balaban J connectivity index is 4.05. The van der Waals surface area contributed by atoms with Crippen LogP contribution < -0.4 is 0 Å². The summed E-state index contributed by atoms with van der Waals surface area (Å²) in [7, 11) is 0. The predicted molar refractivity (Wildman–Crippen MR) is 99.3 cm³/mol. The van der Waals surface area contributed by atoms with Crippen LogP contribution in [0.4, 0.5) is 92.2 Å². The molecule has 0 amide bonds. The van der Waals surface area contributed by atoms with E-state index in [4.69, 9.17) is 0 Å². The minimum atomic E-state index is -8.73. The molecule has 0 aliphatic heterocycles. The van der Waals surface area contributed by atoms with Crippen LogP contribution >= 0.6 is 0 Å². The molecule has 1 aromatic rings. The summed E-state index contributed by atoms with van der Waals surface area (Å²) in [5, 5.41) is 0. The molecular formula is C19H13F21OSn. The van der Waals surface area contributed by atoms with Gasteiger partial charge in [-0.3, -0.25) is 0 Å². The van der Waals surface area contributed by atoms with Crippen LogP contribution in [0.1, 0.15) is 5.56 Å². The Hall–Kier alpha value is -1.49. The molecule has 0 fully saturated rings. The minimum absolute atomic E-state index is 0.652. The summed E-state index contributed by atoms with van der Waals surface area (Å²) in [4.78, 5) is 0. The molecule has 23 heteroatoms. The van der Waals surface area contributed by atoms with Crippen LogP contribution in [0, 0.1) is 0 Å². The number of halogens is 21. The maximum absolute atomic E-state index is 14.3. The second-order valence-electron chi connectivity index (χ2n) is 8.82. The second kappa shape index (κ2) is 11.5. The number of benzene rings is 1. The Morgan fingerprint density at radius 3 is 0.929 bits per heavy atom. The van der Waals surface area contributed by atoms with E-state index in [1.165, 1.54) is 0 Å². The second-order valence-corrected chi connectivity index (χ2v) is 19.4. The van der Waals surface area contributed by atoms with Gasteiger partial charge in [0.25, 0.3) is 0 Å². The first kappa shape index (κ1) is 38.5. The van der Waals surface area contributed by atoms with E-state index in [1.54, 1.807) is 0 Å². The summed E-state index contributed by atoms with van der Waals surface area (Å²) in [5.74, 6) is -43.6. The third-order valence-corrected chi connectivity index (χ3v) is 16.9. The Bertz CT molecular complexity index is 943. The SMILES string of the molecule is FC(F)(F)C(F)(F)C(F)(F)[CH2][Sn]([CH2]C(F)(F)C(F)(F)C(F)(F)F)([CH2]C(F)(F)C(F)(F)C(F)(F)F)[O]Cc1ccccc1. The third kappa shape index (κ3) is 7.59. The Morgan fingerprint density at radius 1 is 0.429 bits per heavy atom. The van der Waals surface area contributed by atoms with Crippen molar-refractivity contribution in [1.29, 1.82) is 0 Å². The van der Waals surface area contributed by atoms with Crippen molar-refractivity contribution >= 4 is 18.8 Å². The van der Waals surface area contributed by atoms with Gasteiger partial charge in [-0.25, -0.2) is 0 Å². The zero-order valence-corrected chi connectivity index (χ0v) is 22.4. The van der Waals surface area contributed by atoms with Crippen LogP contribution in [-0.2, 0) is 9.68 Å². The summed E-state index contributed by atoms with van der Waals surface area (Å²) in [5.41, 5.74) is -0.652. The van der Waals surface area contributed by atoms with Crippen molar-refractivity contribution in [2.45, 2.75) is 74.0 Å². The van der Waals surface area contributed by atoms with Gasteiger partial charge in [-0.15, -0.1) is 0 Å².